The Bertz CT molecular complexity index is 1170. The minimum Gasteiger partial charge on any atom is -0.484 e. The molecule has 156 valence electrons. The predicted molar refractivity (Wildman–Crippen MR) is 119 cm³/mol. The largest absolute Gasteiger partial charge is 0.484 e. The monoisotopic (exact) mass is 414 g/mol. The zero-order valence-corrected chi connectivity index (χ0v) is 17.3. The number of benzene rings is 3. The van der Waals surface area contributed by atoms with Crippen LogP contribution in [0.5, 0.6) is 5.75 Å². The summed E-state index contributed by atoms with van der Waals surface area (Å²) in [5.74, 6) is 1.21. The van der Waals surface area contributed by atoms with Gasteiger partial charge in [-0.2, -0.15) is 0 Å². The lowest BCUT2D eigenvalue weighted by atomic mass is 10.1. The summed E-state index contributed by atoms with van der Waals surface area (Å²) in [6.07, 6.45) is 0. The highest BCUT2D eigenvalue weighted by Crippen LogP contribution is 2.22. The summed E-state index contributed by atoms with van der Waals surface area (Å²) in [5.41, 5.74) is 3.02. The molecule has 7 nitrogen and oxygen atoms in total. The third kappa shape index (κ3) is 5.08. The Labute approximate surface area is 180 Å². The van der Waals surface area contributed by atoms with E-state index in [-0.39, 0.29) is 12.5 Å². The van der Waals surface area contributed by atoms with Crippen LogP contribution in [-0.2, 0) is 6.61 Å². The molecule has 4 aromatic rings. The van der Waals surface area contributed by atoms with Gasteiger partial charge in [-0.1, -0.05) is 30.3 Å². The van der Waals surface area contributed by atoms with Crippen LogP contribution >= 0.6 is 0 Å². The van der Waals surface area contributed by atoms with Crippen molar-refractivity contribution in [3.8, 4) is 17.2 Å². The number of amides is 1. The molecule has 0 saturated carbocycles. The minimum atomic E-state index is -0.190. The smallest absolute Gasteiger partial charge is 0.255 e. The highest BCUT2D eigenvalue weighted by atomic mass is 16.5. The van der Waals surface area contributed by atoms with Gasteiger partial charge in [0.2, 0.25) is 5.89 Å². The first-order chi connectivity index (χ1) is 15.1. The molecule has 0 unspecified atom stereocenters. The van der Waals surface area contributed by atoms with Gasteiger partial charge in [-0.3, -0.25) is 4.79 Å². The van der Waals surface area contributed by atoms with E-state index in [4.69, 9.17) is 9.15 Å². The summed E-state index contributed by atoms with van der Waals surface area (Å²) < 4.78 is 11.4. The molecule has 0 aliphatic rings. The molecule has 0 aliphatic carbocycles. The van der Waals surface area contributed by atoms with E-state index in [2.05, 4.69) is 15.5 Å². The fourth-order valence-corrected chi connectivity index (χ4v) is 2.95. The lowest BCUT2D eigenvalue weighted by molar-refractivity contribution is 0.102. The van der Waals surface area contributed by atoms with E-state index in [1.807, 2.05) is 73.6 Å². The highest BCUT2D eigenvalue weighted by Gasteiger charge is 2.10. The SMILES string of the molecule is CN(C)c1cccc(C(=O)Nc2cccc(OCc3nnc(-c4ccccc4)o3)c2)c1. The van der Waals surface area contributed by atoms with Crippen LogP contribution in [0.4, 0.5) is 11.4 Å². The average Bonchev–Trinajstić information content (AvgIpc) is 3.28. The van der Waals surface area contributed by atoms with Crippen molar-refractivity contribution in [2.45, 2.75) is 6.61 Å². The number of carbonyl (C=O) groups excluding carboxylic acids is 1. The molecule has 0 saturated heterocycles. The van der Waals surface area contributed by atoms with Crippen molar-refractivity contribution in [1.82, 2.24) is 10.2 Å². The van der Waals surface area contributed by atoms with Crippen LogP contribution in [0.15, 0.2) is 83.3 Å². The summed E-state index contributed by atoms with van der Waals surface area (Å²) in [5, 5.41) is 11.0. The van der Waals surface area contributed by atoms with Crippen molar-refractivity contribution >= 4 is 17.3 Å². The van der Waals surface area contributed by atoms with Crippen molar-refractivity contribution in [2.75, 3.05) is 24.3 Å². The van der Waals surface area contributed by atoms with Gasteiger partial charge in [-0.25, -0.2) is 0 Å². The fraction of sp³-hybridized carbons (Fsp3) is 0.125. The van der Waals surface area contributed by atoms with Gasteiger partial charge in [0.15, 0.2) is 6.61 Å². The first-order valence-electron chi connectivity index (χ1n) is 9.78. The van der Waals surface area contributed by atoms with E-state index in [1.54, 1.807) is 24.3 Å². The number of nitrogens with one attached hydrogen (secondary N) is 1. The molecule has 1 N–H and O–H groups in total. The number of nitrogens with zero attached hydrogens (tertiary/aromatic N) is 3. The molecule has 0 aliphatic heterocycles. The van der Waals surface area contributed by atoms with Gasteiger partial charge in [-0.05, 0) is 42.5 Å². The molecule has 4 rings (SSSR count). The number of ether oxygens (including phenoxy) is 1. The van der Waals surface area contributed by atoms with Gasteiger partial charge < -0.3 is 19.4 Å². The van der Waals surface area contributed by atoms with Crippen LogP contribution in [0.3, 0.4) is 0 Å². The van der Waals surface area contributed by atoms with Gasteiger partial charge >= 0.3 is 0 Å². The van der Waals surface area contributed by atoms with E-state index < -0.39 is 0 Å². The van der Waals surface area contributed by atoms with Gasteiger partial charge in [0.1, 0.15) is 5.75 Å². The number of rotatable bonds is 7. The lowest BCUT2D eigenvalue weighted by Gasteiger charge is -2.13. The molecule has 0 radical (unpaired) electrons. The quantitative estimate of drug-likeness (QED) is 0.475. The van der Waals surface area contributed by atoms with E-state index in [9.17, 15) is 4.79 Å². The lowest BCUT2D eigenvalue weighted by Crippen LogP contribution is -2.14. The van der Waals surface area contributed by atoms with E-state index in [1.165, 1.54) is 0 Å². The second kappa shape index (κ2) is 9.13. The molecule has 0 fully saturated rings. The van der Waals surface area contributed by atoms with Crippen molar-refractivity contribution in [2.24, 2.45) is 0 Å². The highest BCUT2D eigenvalue weighted by molar-refractivity contribution is 6.04. The van der Waals surface area contributed by atoms with Gasteiger partial charge in [0.25, 0.3) is 11.8 Å². The van der Waals surface area contributed by atoms with Crippen LogP contribution in [0, 0.1) is 0 Å². The Kier molecular flexibility index (Phi) is 5.93. The summed E-state index contributed by atoms with van der Waals surface area (Å²) in [6, 6.07) is 24.1. The second-order valence-corrected chi connectivity index (χ2v) is 7.08. The second-order valence-electron chi connectivity index (χ2n) is 7.08. The third-order valence-electron chi connectivity index (χ3n) is 4.57. The zero-order valence-electron chi connectivity index (χ0n) is 17.3. The van der Waals surface area contributed by atoms with Crippen LogP contribution in [0.1, 0.15) is 16.2 Å². The number of hydrogen-bond acceptors (Lipinski definition) is 6. The fourth-order valence-electron chi connectivity index (χ4n) is 2.95. The van der Waals surface area contributed by atoms with Crippen molar-refractivity contribution in [1.29, 1.82) is 0 Å². The van der Waals surface area contributed by atoms with E-state index in [0.29, 0.717) is 28.8 Å². The predicted octanol–water partition coefficient (Wildman–Crippen LogP) is 4.63. The van der Waals surface area contributed by atoms with Crippen LogP contribution < -0.4 is 15.0 Å². The minimum absolute atomic E-state index is 0.127. The van der Waals surface area contributed by atoms with E-state index >= 15 is 0 Å². The number of aromatic nitrogens is 2. The summed E-state index contributed by atoms with van der Waals surface area (Å²) in [4.78, 5) is 14.6. The first-order valence-corrected chi connectivity index (χ1v) is 9.78. The molecule has 0 spiro atoms. The van der Waals surface area contributed by atoms with Gasteiger partial charge in [0, 0.05) is 42.7 Å². The van der Waals surface area contributed by atoms with Crippen LogP contribution in [-0.4, -0.2) is 30.2 Å². The maximum Gasteiger partial charge on any atom is 0.255 e. The van der Waals surface area contributed by atoms with Crippen LogP contribution in [0.2, 0.25) is 0 Å². The van der Waals surface area contributed by atoms with Gasteiger partial charge in [-0.15, -0.1) is 10.2 Å². The van der Waals surface area contributed by atoms with E-state index in [0.717, 1.165) is 11.3 Å². The molecule has 1 heterocycles. The van der Waals surface area contributed by atoms with Crippen molar-refractivity contribution < 1.29 is 13.9 Å². The summed E-state index contributed by atoms with van der Waals surface area (Å²) in [6.45, 7) is 0.127. The Morgan fingerprint density at radius 3 is 2.58 bits per heavy atom. The third-order valence-corrected chi connectivity index (χ3v) is 4.57. The molecule has 31 heavy (non-hydrogen) atoms. The van der Waals surface area contributed by atoms with Gasteiger partial charge in [0.05, 0.1) is 0 Å². The maximum atomic E-state index is 12.6. The standard InChI is InChI=1S/C24H22N4O3/c1-28(2)20-12-6-10-18(14-20)23(29)25-19-11-7-13-21(15-19)30-16-22-26-27-24(31-22)17-8-4-3-5-9-17/h3-15H,16H2,1-2H3,(H,25,29). The summed E-state index contributed by atoms with van der Waals surface area (Å²) in [7, 11) is 3.87. The average molecular weight is 414 g/mol. The number of anilines is 2. The Morgan fingerprint density at radius 1 is 0.968 bits per heavy atom. The van der Waals surface area contributed by atoms with Crippen LogP contribution in [0.25, 0.3) is 11.5 Å². The summed E-state index contributed by atoms with van der Waals surface area (Å²) >= 11 is 0. The molecule has 3 aromatic carbocycles. The Balaban J connectivity index is 1.39. The number of hydrogen-bond donors (Lipinski definition) is 1. The molecule has 0 bridgehead atoms. The zero-order chi connectivity index (χ0) is 21.6. The van der Waals surface area contributed by atoms with Crippen molar-refractivity contribution in [3.63, 3.8) is 0 Å². The molecule has 1 aromatic heterocycles. The number of carbonyl (C=O) groups is 1. The first kappa shape index (κ1) is 20.2. The molecule has 7 heteroatoms. The molecule has 1 amide bonds. The molecular formula is C24H22N4O3. The Morgan fingerprint density at radius 2 is 1.77 bits per heavy atom. The topological polar surface area (TPSA) is 80.5 Å². The normalized spacial score (nSPS) is 10.5. The Hall–Kier alpha value is -4.13. The molecule has 0 atom stereocenters. The molecular weight excluding hydrogens is 392 g/mol. The van der Waals surface area contributed by atoms with Crippen molar-refractivity contribution in [3.05, 3.63) is 90.3 Å². The maximum absolute atomic E-state index is 12.6.